The Hall–Kier alpha value is -1.98. The van der Waals surface area contributed by atoms with E-state index in [-0.39, 0.29) is 6.04 Å². The largest absolute Gasteiger partial charge is 0.337 e. The molecule has 0 aliphatic rings. The molecule has 0 spiro atoms. The summed E-state index contributed by atoms with van der Waals surface area (Å²) in [5, 5.41) is 5.99. The van der Waals surface area contributed by atoms with E-state index in [0.717, 1.165) is 10.4 Å². The zero-order valence-electron chi connectivity index (χ0n) is 11.1. The Labute approximate surface area is 121 Å². The summed E-state index contributed by atoms with van der Waals surface area (Å²) in [6.45, 7) is 2.07. The third-order valence-electron chi connectivity index (χ3n) is 3.08. The van der Waals surface area contributed by atoms with Crippen molar-refractivity contribution in [3.63, 3.8) is 0 Å². The van der Waals surface area contributed by atoms with Crippen LogP contribution >= 0.6 is 11.3 Å². The van der Waals surface area contributed by atoms with Crippen molar-refractivity contribution < 1.29 is 4.52 Å². The highest BCUT2D eigenvalue weighted by Gasteiger charge is 2.17. The van der Waals surface area contributed by atoms with Crippen LogP contribution in [-0.2, 0) is 6.42 Å². The maximum atomic E-state index is 6.10. The van der Waals surface area contributed by atoms with E-state index >= 15 is 0 Å². The number of nitrogens with zero attached hydrogens (tertiary/aromatic N) is 2. The zero-order chi connectivity index (χ0) is 13.9. The molecule has 2 aromatic heterocycles. The van der Waals surface area contributed by atoms with E-state index in [0.29, 0.717) is 18.1 Å². The number of hydrogen-bond acceptors (Lipinski definition) is 5. The highest BCUT2D eigenvalue weighted by molar-refractivity contribution is 7.10. The maximum Gasteiger partial charge on any atom is 0.248 e. The van der Waals surface area contributed by atoms with Gasteiger partial charge in [0.1, 0.15) is 6.04 Å². The van der Waals surface area contributed by atoms with Gasteiger partial charge in [0.05, 0.1) is 0 Å². The van der Waals surface area contributed by atoms with Gasteiger partial charge in [-0.2, -0.15) is 4.98 Å². The molecule has 3 aromatic rings. The monoisotopic (exact) mass is 285 g/mol. The summed E-state index contributed by atoms with van der Waals surface area (Å²) in [5.41, 5.74) is 8.50. The van der Waals surface area contributed by atoms with E-state index < -0.39 is 0 Å². The van der Waals surface area contributed by atoms with Gasteiger partial charge >= 0.3 is 0 Å². The molecule has 0 saturated carbocycles. The minimum Gasteiger partial charge on any atom is -0.337 e. The summed E-state index contributed by atoms with van der Waals surface area (Å²) in [4.78, 5) is 5.41. The molecule has 102 valence electrons. The first-order valence-electron chi connectivity index (χ1n) is 6.39. The minimum atomic E-state index is -0.339. The fourth-order valence-electron chi connectivity index (χ4n) is 1.94. The van der Waals surface area contributed by atoms with Gasteiger partial charge in [-0.1, -0.05) is 41.1 Å². The third kappa shape index (κ3) is 2.79. The van der Waals surface area contributed by atoms with Crippen molar-refractivity contribution in [2.75, 3.05) is 0 Å². The maximum absolute atomic E-state index is 6.10. The third-order valence-corrected chi connectivity index (χ3v) is 4.04. The molecule has 4 nitrogen and oxygen atoms in total. The van der Waals surface area contributed by atoms with Gasteiger partial charge in [-0.25, -0.2) is 0 Å². The van der Waals surface area contributed by atoms with Gasteiger partial charge in [-0.15, -0.1) is 11.3 Å². The van der Waals surface area contributed by atoms with Crippen LogP contribution in [0.25, 0.3) is 0 Å². The lowest BCUT2D eigenvalue weighted by Gasteiger charge is -2.01. The molecule has 1 aromatic carbocycles. The Morgan fingerprint density at radius 2 is 2.05 bits per heavy atom. The first-order valence-corrected chi connectivity index (χ1v) is 7.27. The molecule has 0 bridgehead atoms. The van der Waals surface area contributed by atoms with Crippen LogP contribution < -0.4 is 5.73 Å². The number of nitrogens with two attached hydrogens (primary N) is 1. The molecule has 0 aliphatic heterocycles. The predicted octanol–water partition coefficient (Wildman–Crippen LogP) is 3.08. The molecule has 3 rings (SSSR count). The number of thiophene rings is 1. The lowest BCUT2D eigenvalue weighted by molar-refractivity contribution is 0.364. The second kappa shape index (κ2) is 5.56. The van der Waals surface area contributed by atoms with E-state index in [1.54, 1.807) is 11.3 Å². The normalized spacial score (nSPS) is 12.5. The van der Waals surface area contributed by atoms with Gasteiger partial charge < -0.3 is 10.3 Å². The first-order chi connectivity index (χ1) is 9.72. The van der Waals surface area contributed by atoms with Crippen LogP contribution in [0.1, 0.15) is 33.8 Å². The first kappa shape index (κ1) is 13.0. The quantitative estimate of drug-likeness (QED) is 0.800. The van der Waals surface area contributed by atoms with Gasteiger partial charge in [-0.3, -0.25) is 0 Å². The number of rotatable bonds is 4. The number of aryl methyl sites for hydroxylation is 1. The Bertz CT molecular complexity index is 673. The molecule has 0 aliphatic carbocycles. The fraction of sp³-hybridized carbons (Fsp3) is 0.200. The van der Waals surface area contributed by atoms with Crippen molar-refractivity contribution in [1.82, 2.24) is 10.1 Å². The van der Waals surface area contributed by atoms with E-state index in [4.69, 9.17) is 10.3 Å². The molecular formula is C15H15N3OS. The SMILES string of the molecule is Cc1ccc(Cc2noc(C(N)c3cccs3)n2)cc1. The summed E-state index contributed by atoms with van der Waals surface area (Å²) in [7, 11) is 0. The molecule has 0 radical (unpaired) electrons. The second-order valence-electron chi connectivity index (χ2n) is 4.70. The van der Waals surface area contributed by atoms with Crippen LogP contribution in [0.4, 0.5) is 0 Å². The van der Waals surface area contributed by atoms with Crippen molar-refractivity contribution in [3.05, 3.63) is 69.5 Å². The standard InChI is InChI=1S/C15H15N3OS/c1-10-4-6-11(7-5-10)9-13-17-15(19-18-13)14(16)12-3-2-8-20-12/h2-8,14H,9,16H2,1H3. The summed E-state index contributed by atoms with van der Waals surface area (Å²) >= 11 is 1.59. The van der Waals surface area contributed by atoms with Crippen molar-refractivity contribution >= 4 is 11.3 Å². The number of hydrogen-bond donors (Lipinski definition) is 1. The average Bonchev–Trinajstić information content (AvgIpc) is 3.12. The van der Waals surface area contributed by atoms with E-state index in [1.165, 1.54) is 5.56 Å². The lowest BCUT2D eigenvalue weighted by atomic mass is 10.1. The Morgan fingerprint density at radius 1 is 1.25 bits per heavy atom. The fourth-order valence-corrected chi connectivity index (χ4v) is 2.66. The minimum absolute atomic E-state index is 0.339. The molecule has 1 unspecified atom stereocenters. The van der Waals surface area contributed by atoms with Crippen LogP contribution in [0.2, 0.25) is 0 Å². The van der Waals surface area contributed by atoms with Crippen LogP contribution in [0, 0.1) is 6.92 Å². The van der Waals surface area contributed by atoms with Gasteiger partial charge in [-0.05, 0) is 23.9 Å². The molecular weight excluding hydrogens is 270 g/mol. The van der Waals surface area contributed by atoms with Gasteiger partial charge in [0.2, 0.25) is 5.89 Å². The highest BCUT2D eigenvalue weighted by Crippen LogP contribution is 2.22. The molecule has 0 saturated heterocycles. The second-order valence-corrected chi connectivity index (χ2v) is 5.68. The topological polar surface area (TPSA) is 64.9 Å². The number of benzene rings is 1. The molecule has 0 fully saturated rings. The van der Waals surface area contributed by atoms with Crippen LogP contribution in [0.5, 0.6) is 0 Å². The summed E-state index contributed by atoms with van der Waals surface area (Å²) in [6.07, 6.45) is 0.654. The van der Waals surface area contributed by atoms with E-state index in [9.17, 15) is 0 Å². The summed E-state index contributed by atoms with van der Waals surface area (Å²) in [6, 6.07) is 11.9. The zero-order valence-corrected chi connectivity index (χ0v) is 11.9. The smallest absolute Gasteiger partial charge is 0.248 e. The predicted molar refractivity (Wildman–Crippen MR) is 78.6 cm³/mol. The summed E-state index contributed by atoms with van der Waals surface area (Å²) in [5.74, 6) is 1.13. The molecule has 2 heterocycles. The van der Waals surface area contributed by atoms with Crippen LogP contribution in [0.3, 0.4) is 0 Å². The molecule has 20 heavy (non-hydrogen) atoms. The average molecular weight is 285 g/mol. The van der Waals surface area contributed by atoms with Crippen molar-refractivity contribution in [1.29, 1.82) is 0 Å². The Kier molecular flexibility index (Phi) is 3.62. The van der Waals surface area contributed by atoms with E-state index in [1.807, 2.05) is 17.5 Å². The van der Waals surface area contributed by atoms with Crippen molar-refractivity contribution in [3.8, 4) is 0 Å². The highest BCUT2D eigenvalue weighted by atomic mass is 32.1. The number of aromatic nitrogens is 2. The van der Waals surface area contributed by atoms with Gasteiger partial charge in [0.15, 0.2) is 5.82 Å². The van der Waals surface area contributed by atoms with E-state index in [2.05, 4.69) is 41.3 Å². The molecule has 5 heteroatoms. The van der Waals surface area contributed by atoms with Gasteiger partial charge in [0, 0.05) is 11.3 Å². The Balaban J connectivity index is 1.75. The van der Waals surface area contributed by atoms with Gasteiger partial charge in [0.25, 0.3) is 0 Å². The van der Waals surface area contributed by atoms with Crippen molar-refractivity contribution in [2.45, 2.75) is 19.4 Å². The molecule has 1 atom stereocenters. The molecule has 0 amide bonds. The van der Waals surface area contributed by atoms with Crippen LogP contribution in [0.15, 0.2) is 46.3 Å². The van der Waals surface area contributed by atoms with Crippen LogP contribution in [-0.4, -0.2) is 10.1 Å². The lowest BCUT2D eigenvalue weighted by Crippen LogP contribution is -2.10. The Morgan fingerprint density at radius 3 is 2.75 bits per heavy atom. The summed E-state index contributed by atoms with van der Waals surface area (Å²) < 4.78 is 5.27. The van der Waals surface area contributed by atoms with Crippen molar-refractivity contribution in [2.24, 2.45) is 5.73 Å². The molecule has 2 N–H and O–H groups in total.